The summed E-state index contributed by atoms with van der Waals surface area (Å²) in [6.45, 7) is 0. The number of nitrogens with one attached hydrogen (secondary N) is 1. The molecule has 2 nitrogen and oxygen atoms in total. The lowest BCUT2D eigenvalue weighted by Crippen LogP contribution is -2.08. The highest BCUT2D eigenvalue weighted by molar-refractivity contribution is 9.10. The van der Waals surface area contributed by atoms with Crippen LogP contribution in [0.5, 0.6) is 0 Å². The Bertz CT molecular complexity index is 720. The molecule has 2 rings (SSSR count). The molecule has 0 saturated heterocycles. The first-order valence-electron chi connectivity index (χ1n) is 5.64. The number of anilines is 2. The van der Waals surface area contributed by atoms with E-state index in [1.165, 1.54) is 24.3 Å². The van der Waals surface area contributed by atoms with Crippen LogP contribution in [0.15, 0.2) is 40.9 Å². The van der Waals surface area contributed by atoms with Crippen LogP contribution in [0.4, 0.5) is 28.9 Å². The summed E-state index contributed by atoms with van der Waals surface area (Å²) >= 11 is 2.98. The van der Waals surface area contributed by atoms with Gasteiger partial charge in [0, 0.05) is 11.4 Å². The van der Waals surface area contributed by atoms with Gasteiger partial charge in [0.05, 0.1) is 21.7 Å². The number of rotatable bonds is 2. The Labute approximate surface area is 126 Å². The van der Waals surface area contributed by atoms with E-state index < -0.39 is 23.1 Å². The van der Waals surface area contributed by atoms with Gasteiger partial charge in [0.2, 0.25) is 0 Å². The number of benzene rings is 2. The van der Waals surface area contributed by atoms with Gasteiger partial charge in [0.15, 0.2) is 0 Å². The Kier molecular flexibility index (Phi) is 4.19. The molecular weight excluding hydrogens is 352 g/mol. The first-order valence-corrected chi connectivity index (χ1v) is 6.44. The number of nitriles is 1. The van der Waals surface area contributed by atoms with Crippen LogP contribution in [0.1, 0.15) is 11.1 Å². The first-order chi connectivity index (χ1) is 9.81. The van der Waals surface area contributed by atoms with E-state index in [4.69, 9.17) is 5.26 Å². The maximum atomic E-state index is 13.4. The lowest BCUT2D eigenvalue weighted by Gasteiger charge is -2.12. The average Bonchev–Trinajstić information content (AvgIpc) is 2.42. The van der Waals surface area contributed by atoms with E-state index in [0.717, 1.165) is 18.2 Å². The highest BCUT2D eigenvalue weighted by Crippen LogP contribution is 2.34. The summed E-state index contributed by atoms with van der Waals surface area (Å²) in [5.74, 6) is -0.537. The van der Waals surface area contributed by atoms with E-state index in [-0.39, 0.29) is 10.2 Å². The van der Waals surface area contributed by atoms with Gasteiger partial charge in [0.25, 0.3) is 0 Å². The third kappa shape index (κ3) is 3.52. The van der Waals surface area contributed by atoms with E-state index in [1.54, 1.807) is 0 Å². The van der Waals surface area contributed by atoms with Gasteiger partial charge in [-0.15, -0.1) is 0 Å². The molecule has 0 saturated carbocycles. The minimum Gasteiger partial charge on any atom is -0.355 e. The Morgan fingerprint density at radius 2 is 1.67 bits per heavy atom. The predicted molar refractivity (Wildman–Crippen MR) is 73.5 cm³/mol. The normalized spacial score (nSPS) is 11.0. The third-order valence-corrected chi connectivity index (χ3v) is 3.30. The van der Waals surface area contributed by atoms with Crippen molar-refractivity contribution in [1.29, 1.82) is 5.26 Å². The van der Waals surface area contributed by atoms with E-state index in [1.807, 2.05) is 0 Å². The van der Waals surface area contributed by atoms with Crippen molar-refractivity contribution in [1.82, 2.24) is 0 Å². The fourth-order valence-electron chi connectivity index (χ4n) is 1.69. The van der Waals surface area contributed by atoms with Gasteiger partial charge < -0.3 is 5.32 Å². The van der Waals surface area contributed by atoms with Crippen LogP contribution >= 0.6 is 15.9 Å². The molecule has 2 aromatic rings. The molecule has 0 spiro atoms. The molecular formula is C14H7BrF4N2. The zero-order valence-electron chi connectivity index (χ0n) is 10.3. The topological polar surface area (TPSA) is 35.8 Å². The van der Waals surface area contributed by atoms with Gasteiger partial charge in [-0.05, 0) is 52.3 Å². The summed E-state index contributed by atoms with van der Waals surface area (Å²) < 4.78 is 52.1. The standard InChI is InChI=1S/C14H7BrF4N2/c15-12-4-3-10(6-13(12)16)21-9-2-1-8(7-20)11(5-9)14(17,18)19/h1-6,21H. The third-order valence-electron chi connectivity index (χ3n) is 2.65. The smallest absolute Gasteiger partial charge is 0.355 e. The van der Waals surface area contributed by atoms with Crippen LogP contribution in [-0.2, 0) is 6.18 Å². The molecule has 0 aromatic heterocycles. The molecule has 0 radical (unpaired) electrons. The molecule has 0 aliphatic carbocycles. The molecule has 0 bridgehead atoms. The van der Waals surface area contributed by atoms with Gasteiger partial charge in [-0.25, -0.2) is 4.39 Å². The molecule has 0 atom stereocenters. The van der Waals surface area contributed by atoms with Crippen molar-refractivity contribution in [2.24, 2.45) is 0 Å². The summed E-state index contributed by atoms with van der Waals surface area (Å²) in [4.78, 5) is 0. The molecule has 0 fully saturated rings. The number of nitrogens with zero attached hydrogens (tertiary/aromatic N) is 1. The second-order valence-corrected chi connectivity index (χ2v) is 4.98. The van der Waals surface area contributed by atoms with Gasteiger partial charge >= 0.3 is 6.18 Å². The molecule has 7 heteroatoms. The number of hydrogen-bond acceptors (Lipinski definition) is 2. The van der Waals surface area contributed by atoms with E-state index in [0.29, 0.717) is 5.69 Å². The fraction of sp³-hybridized carbons (Fsp3) is 0.0714. The summed E-state index contributed by atoms with van der Waals surface area (Å²) in [5.41, 5.74) is -1.08. The highest BCUT2D eigenvalue weighted by Gasteiger charge is 2.33. The number of halogens is 5. The second-order valence-electron chi connectivity index (χ2n) is 4.12. The van der Waals surface area contributed by atoms with E-state index in [9.17, 15) is 17.6 Å². The molecule has 0 aliphatic rings. The zero-order chi connectivity index (χ0) is 15.6. The summed E-state index contributed by atoms with van der Waals surface area (Å²) in [6.07, 6.45) is -4.63. The zero-order valence-corrected chi connectivity index (χ0v) is 11.9. The van der Waals surface area contributed by atoms with Crippen LogP contribution in [0.3, 0.4) is 0 Å². The summed E-state index contributed by atoms with van der Waals surface area (Å²) in [5, 5.41) is 11.4. The Hall–Kier alpha value is -2.07. The summed E-state index contributed by atoms with van der Waals surface area (Å²) in [6, 6.07) is 8.81. The van der Waals surface area contributed by atoms with Gasteiger partial charge in [-0.2, -0.15) is 18.4 Å². The van der Waals surface area contributed by atoms with Crippen molar-refractivity contribution in [3.63, 3.8) is 0 Å². The van der Waals surface area contributed by atoms with Crippen LogP contribution < -0.4 is 5.32 Å². The summed E-state index contributed by atoms with van der Waals surface area (Å²) in [7, 11) is 0. The molecule has 1 N–H and O–H groups in total. The van der Waals surface area contributed by atoms with Gasteiger partial charge in [0.1, 0.15) is 5.82 Å². The second kappa shape index (κ2) is 5.74. The molecule has 21 heavy (non-hydrogen) atoms. The van der Waals surface area contributed by atoms with Crippen LogP contribution in [0, 0.1) is 17.1 Å². The van der Waals surface area contributed by atoms with Crippen LogP contribution in [0.2, 0.25) is 0 Å². The highest BCUT2D eigenvalue weighted by atomic mass is 79.9. The Balaban J connectivity index is 2.37. The van der Waals surface area contributed by atoms with Crippen molar-refractivity contribution < 1.29 is 17.6 Å². The lowest BCUT2D eigenvalue weighted by atomic mass is 10.1. The molecule has 0 aliphatic heterocycles. The molecule has 108 valence electrons. The number of alkyl halides is 3. The van der Waals surface area contributed by atoms with E-state index in [2.05, 4.69) is 21.2 Å². The quantitative estimate of drug-likeness (QED) is 0.746. The van der Waals surface area contributed by atoms with Crippen LogP contribution in [0.25, 0.3) is 0 Å². The Morgan fingerprint density at radius 1 is 1.05 bits per heavy atom. The first kappa shape index (κ1) is 15.3. The predicted octanol–water partition coefficient (Wildman–Crippen LogP) is 5.22. The molecule has 2 aromatic carbocycles. The maximum absolute atomic E-state index is 13.4. The fourth-order valence-corrected chi connectivity index (χ4v) is 1.94. The minimum absolute atomic E-state index is 0.114. The van der Waals surface area contributed by atoms with Gasteiger partial charge in [-0.3, -0.25) is 0 Å². The van der Waals surface area contributed by atoms with Crippen LogP contribution in [-0.4, -0.2) is 0 Å². The average molecular weight is 359 g/mol. The SMILES string of the molecule is N#Cc1ccc(Nc2ccc(Br)c(F)c2)cc1C(F)(F)F. The largest absolute Gasteiger partial charge is 0.417 e. The van der Waals surface area contributed by atoms with Crippen molar-refractivity contribution in [3.8, 4) is 6.07 Å². The van der Waals surface area contributed by atoms with Crippen molar-refractivity contribution in [2.75, 3.05) is 5.32 Å². The molecule has 0 amide bonds. The molecule has 0 heterocycles. The minimum atomic E-state index is -4.63. The van der Waals surface area contributed by atoms with Gasteiger partial charge in [-0.1, -0.05) is 0 Å². The Morgan fingerprint density at radius 3 is 2.24 bits per heavy atom. The van der Waals surface area contributed by atoms with Crippen molar-refractivity contribution >= 4 is 27.3 Å². The lowest BCUT2D eigenvalue weighted by molar-refractivity contribution is -0.137. The molecule has 0 unspecified atom stereocenters. The van der Waals surface area contributed by atoms with Crippen molar-refractivity contribution in [2.45, 2.75) is 6.18 Å². The van der Waals surface area contributed by atoms with E-state index >= 15 is 0 Å². The van der Waals surface area contributed by atoms with Crippen molar-refractivity contribution in [3.05, 3.63) is 57.8 Å². The number of hydrogen-bond donors (Lipinski definition) is 1. The maximum Gasteiger partial charge on any atom is 0.417 e. The monoisotopic (exact) mass is 358 g/mol.